The Morgan fingerprint density at radius 1 is 1.11 bits per heavy atom. The van der Waals surface area contributed by atoms with Gasteiger partial charge in [-0.15, -0.1) is 0 Å². The Morgan fingerprint density at radius 2 is 1.85 bits per heavy atom. The van der Waals surface area contributed by atoms with Crippen molar-refractivity contribution in [1.29, 1.82) is 0 Å². The third-order valence-electron chi connectivity index (χ3n) is 4.85. The quantitative estimate of drug-likeness (QED) is 0.513. The molecule has 1 saturated heterocycles. The molecule has 0 spiro atoms. The number of hydrogen-bond acceptors (Lipinski definition) is 4. The van der Waals surface area contributed by atoms with Crippen molar-refractivity contribution in [2.75, 3.05) is 46.9 Å². The predicted octanol–water partition coefficient (Wildman–Crippen LogP) is 2.88. The van der Waals surface area contributed by atoms with Gasteiger partial charge in [0.2, 0.25) is 0 Å². The van der Waals surface area contributed by atoms with E-state index in [2.05, 4.69) is 29.4 Å². The number of nitrogens with one attached hydrogen (secondary N) is 2. The van der Waals surface area contributed by atoms with Gasteiger partial charge in [0.15, 0.2) is 17.5 Å². The minimum atomic E-state index is 0.591. The van der Waals surface area contributed by atoms with Gasteiger partial charge in [-0.1, -0.05) is 19.4 Å². The lowest BCUT2D eigenvalue weighted by atomic mass is 10.1. The van der Waals surface area contributed by atoms with Gasteiger partial charge in [0.25, 0.3) is 0 Å². The van der Waals surface area contributed by atoms with Gasteiger partial charge in [0.1, 0.15) is 0 Å². The number of nitrogens with zero attached hydrogens (tertiary/aromatic N) is 2. The van der Waals surface area contributed by atoms with Gasteiger partial charge in [0, 0.05) is 19.6 Å². The van der Waals surface area contributed by atoms with Gasteiger partial charge >= 0.3 is 0 Å². The zero-order chi connectivity index (χ0) is 19.5. The maximum Gasteiger partial charge on any atom is 0.191 e. The van der Waals surface area contributed by atoms with Crippen molar-refractivity contribution >= 4 is 5.96 Å². The van der Waals surface area contributed by atoms with Crippen molar-refractivity contribution in [3.63, 3.8) is 0 Å². The number of likely N-dealkylation sites (tertiary alicyclic amines) is 1. The van der Waals surface area contributed by atoms with Crippen LogP contribution in [-0.4, -0.2) is 57.8 Å². The average Bonchev–Trinajstić information content (AvgIpc) is 2.70. The highest BCUT2D eigenvalue weighted by Gasteiger charge is 2.13. The molecule has 0 aliphatic carbocycles. The Kier molecular flexibility index (Phi) is 9.25. The molecule has 1 aromatic rings. The third kappa shape index (κ3) is 7.29. The lowest BCUT2D eigenvalue weighted by Gasteiger charge is -2.29. The Bertz CT molecular complexity index is 586. The molecule has 1 aliphatic heterocycles. The van der Waals surface area contributed by atoms with Crippen LogP contribution in [-0.2, 0) is 6.54 Å². The van der Waals surface area contributed by atoms with Gasteiger partial charge in [-0.05, 0) is 56.5 Å². The van der Waals surface area contributed by atoms with Crippen molar-refractivity contribution in [3.8, 4) is 11.5 Å². The number of rotatable bonds is 9. The minimum absolute atomic E-state index is 0.591. The number of piperidine rings is 1. The molecule has 0 saturated carbocycles. The average molecular weight is 377 g/mol. The summed E-state index contributed by atoms with van der Waals surface area (Å²) in [5.41, 5.74) is 1.09. The summed E-state index contributed by atoms with van der Waals surface area (Å²) in [5, 5.41) is 6.82. The van der Waals surface area contributed by atoms with E-state index in [9.17, 15) is 0 Å². The van der Waals surface area contributed by atoms with E-state index in [-0.39, 0.29) is 0 Å². The number of benzene rings is 1. The fourth-order valence-corrected chi connectivity index (χ4v) is 3.41. The van der Waals surface area contributed by atoms with Crippen molar-refractivity contribution < 1.29 is 9.47 Å². The number of guanidine groups is 1. The molecule has 2 rings (SSSR count). The molecule has 1 unspecified atom stereocenters. The highest BCUT2D eigenvalue weighted by atomic mass is 16.5. The summed E-state index contributed by atoms with van der Waals surface area (Å²) in [4.78, 5) is 7.30. The normalized spacial score (nSPS) is 16.7. The lowest BCUT2D eigenvalue weighted by molar-refractivity contribution is 0.201. The van der Waals surface area contributed by atoms with E-state index in [1.807, 2.05) is 18.2 Å². The van der Waals surface area contributed by atoms with E-state index in [0.717, 1.165) is 42.7 Å². The molecule has 0 radical (unpaired) electrons. The van der Waals surface area contributed by atoms with E-state index < -0.39 is 0 Å². The molecular weight excluding hydrogens is 340 g/mol. The van der Waals surface area contributed by atoms with Gasteiger partial charge in [-0.3, -0.25) is 0 Å². The van der Waals surface area contributed by atoms with Crippen molar-refractivity contribution in [2.45, 2.75) is 39.7 Å². The molecule has 1 aromatic carbocycles. The van der Waals surface area contributed by atoms with Gasteiger partial charge < -0.3 is 25.0 Å². The summed E-state index contributed by atoms with van der Waals surface area (Å²) < 4.78 is 10.7. The summed E-state index contributed by atoms with van der Waals surface area (Å²) in [6.45, 7) is 10.4. The molecule has 6 nitrogen and oxygen atoms in total. The van der Waals surface area contributed by atoms with Crippen LogP contribution in [0.15, 0.2) is 23.2 Å². The van der Waals surface area contributed by atoms with Crippen molar-refractivity contribution in [2.24, 2.45) is 10.9 Å². The van der Waals surface area contributed by atoms with E-state index in [1.165, 1.54) is 32.4 Å². The first-order valence-electron chi connectivity index (χ1n) is 10.1. The molecule has 1 atom stereocenters. The van der Waals surface area contributed by atoms with E-state index in [0.29, 0.717) is 12.5 Å². The molecule has 1 fully saturated rings. The van der Waals surface area contributed by atoms with Crippen LogP contribution in [0.25, 0.3) is 0 Å². The Hall–Kier alpha value is -1.95. The second-order valence-electron chi connectivity index (χ2n) is 7.23. The number of aliphatic imine (C=N–C) groups is 1. The van der Waals surface area contributed by atoms with Crippen LogP contribution in [0, 0.1) is 5.92 Å². The van der Waals surface area contributed by atoms with Gasteiger partial charge in [-0.25, -0.2) is 4.99 Å². The molecule has 27 heavy (non-hydrogen) atoms. The van der Waals surface area contributed by atoms with Crippen molar-refractivity contribution in [1.82, 2.24) is 15.5 Å². The zero-order valence-electron chi connectivity index (χ0n) is 17.4. The molecule has 2 N–H and O–H groups in total. The van der Waals surface area contributed by atoms with E-state index in [4.69, 9.17) is 14.5 Å². The van der Waals surface area contributed by atoms with Crippen LogP contribution in [0.3, 0.4) is 0 Å². The Morgan fingerprint density at radius 3 is 2.52 bits per heavy atom. The second kappa shape index (κ2) is 11.7. The fourth-order valence-electron chi connectivity index (χ4n) is 3.41. The molecule has 0 aromatic heterocycles. The maximum atomic E-state index is 5.37. The van der Waals surface area contributed by atoms with E-state index in [1.54, 1.807) is 14.2 Å². The Balaban J connectivity index is 1.87. The minimum Gasteiger partial charge on any atom is -0.493 e. The van der Waals surface area contributed by atoms with Crippen LogP contribution in [0.2, 0.25) is 0 Å². The Labute approximate surface area is 164 Å². The lowest BCUT2D eigenvalue weighted by Crippen LogP contribution is -2.42. The highest BCUT2D eigenvalue weighted by molar-refractivity contribution is 5.79. The first-order valence-corrected chi connectivity index (χ1v) is 10.1. The van der Waals surface area contributed by atoms with Crippen LogP contribution in [0.4, 0.5) is 0 Å². The van der Waals surface area contributed by atoms with Crippen LogP contribution >= 0.6 is 0 Å². The molecule has 1 heterocycles. The highest BCUT2D eigenvalue weighted by Crippen LogP contribution is 2.27. The standard InChI is InChI=1S/C21H36N4O2/c1-5-22-21(23-14-17(2)16-25-11-7-6-8-12-25)24-15-18-9-10-19(26-3)20(13-18)27-4/h9-10,13,17H,5-8,11-12,14-16H2,1-4H3,(H2,22,23,24). The monoisotopic (exact) mass is 376 g/mol. The molecule has 0 amide bonds. The topological polar surface area (TPSA) is 58.1 Å². The smallest absolute Gasteiger partial charge is 0.191 e. The molecule has 1 aliphatic rings. The predicted molar refractivity (Wildman–Crippen MR) is 112 cm³/mol. The zero-order valence-corrected chi connectivity index (χ0v) is 17.4. The van der Waals surface area contributed by atoms with Crippen LogP contribution in [0.5, 0.6) is 11.5 Å². The largest absolute Gasteiger partial charge is 0.493 e. The van der Waals surface area contributed by atoms with Gasteiger partial charge in [0.05, 0.1) is 20.8 Å². The summed E-state index contributed by atoms with van der Waals surface area (Å²) in [7, 11) is 3.30. The summed E-state index contributed by atoms with van der Waals surface area (Å²) in [6, 6.07) is 5.92. The molecule has 152 valence electrons. The molecule has 6 heteroatoms. The summed E-state index contributed by atoms with van der Waals surface area (Å²) >= 11 is 0. The first kappa shape index (κ1) is 21.4. The van der Waals surface area contributed by atoms with Crippen LogP contribution in [0.1, 0.15) is 38.7 Å². The molecule has 0 bridgehead atoms. The number of ether oxygens (including phenoxy) is 2. The summed E-state index contributed by atoms with van der Waals surface area (Å²) in [6.07, 6.45) is 4.07. The number of hydrogen-bond donors (Lipinski definition) is 2. The number of methoxy groups -OCH3 is 2. The summed E-state index contributed by atoms with van der Waals surface area (Å²) in [5.74, 6) is 2.92. The third-order valence-corrected chi connectivity index (χ3v) is 4.85. The van der Waals surface area contributed by atoms with Gasteiger partial charge in [-0.2, -0.15) is 0 Å². The fraction of sp³-hybridized carbons (Fsp3) is 0.667. The molecular formula is C21H36N4O2. The SMILES string of the molecule is CCNC(=NCc1ccc(OC)c(OC)c1)NCC(C)CN1CCCCC1. The van der Waals surface area contributed by atoms with E-state index >= 15 is 0 Å². The second-order valence-corrected chi connectivity index (χ2v) is 7.23. The first-order chi connectivity index (χ1) is 13.2. The van der Waals surface area contributed by atoms with Crippen LogP contribution < -0.4 is 20.1 Å². The van der Waals surface area contributed by atoms with Crippen molar-refractivity contribution in [3.05, 3.63) is 23.8 Å². The maximum absolute atomic E-state index is 5.37.